The summed E-state index contributed by atoms with van der Waals surface area (Å²) in [5.41, 5.74) is 1.81. The number of anilines is 1. The van der Waals surface area contributed by atoms with Gasteiger partial charge in [-0.15, -0.1) is 0 Å². The molecule has 1 N–H and O–H groups in total. The highest BCUT2D eigenvalue weighted by Crippen LogP contribution is 2.27. The normalized spacial score (nSPS) is 16.4. The van der Waals surface area contributed by atoms with Crippen LogP contribution < -0.4 is 10.2 Å². The van der Waals surface area contributed by atoms with Gasteiger partial charge in [-0.05, 0) is 31.2 Å². The summed E-state index contributed by atoms with van der Waals surface area (Å²) < 4.78 is 25.8. The summed E-state index contributed by atoms with van der Waals surface area (Å²) in [7, 11) is -3.88. The van der Waals surface area contributed by atoms with Crippen LogP contribution in [0.2, 0.25) is 0 Å². The molecule has 24 heavy (non-hydrogen) atoms. The van der Waals surface area contributed by atoms with Crippen LogP contribution in [-0.2, 0) is 9.84 Å². The van der Waals surface area contributed by atoms with E-state index in [0.717, 1.165) is 11.3 Å². The van der Waals surface area contributed by atoms with E-state index < -0.39 is 9.84 Å². The summed E-state index contributed by atoms with van der Waals surface area (Å²) in [6.45, 7) is 3.07. The van der Waals surface area contributed by atoms with E-state index in [2.05, 4.69) is 5.32 Å². The lowest BCUT2D eigenvalue weighted by Gasteiger charge is -2.20. The van der Waals surface area contributed by atoms with Crippen LogP contribution in [0.4, 0.5) is 5.69 Å². The predicted molar refractivity (Wildman–Crippen MR) is 92.8 cm³/mol. The standard InChI is InChI=1S/C18H17N3O2S/c1-14-7-9-16(10-8-14)24(22,23)17(13-19)18-20-11-12-21(18)15-5-3-2-4-6-15/h2-10,20H,11-12H2,1H3/b18-17-. The average Bonchev–Trinajstić information content (AvgIpc) is 3.06. The monoisotopic (exact) mass is 339 g/mol. The van der Waals surface area contributed by atoms with Crippen LogP contribution in [0.3, 0.4) is 0 Å². The lowest BCUT2D eigenvalue weighted by atomic mass is 10.2. The van der Waals surface area contributed by atoms with Crippen LogP contribution in [0.15, 0.2) is 70.2 Å². The van der Waals surface area contributed by atoms with Crippen molar-refractivity contribution in [1.82, 2.24) is 5.32 Å². The van der Waals surface area contributed by atoms with Crippen LogP contribution in [0.1, 0.15) is 5.56 Å². The highest BCUT2D eigenvalue weighted by molar-refractivity contribution is 7.95. The molecular weight excluding hydrogens is 322 g/mol. The van der Waals surface area contributed by atoms with Gasteiger partial charge < -0.3 is 10.2 Å². The molecule has 0 radical (unpaired) electrons. The number of hydrogen-bond acceptors (Lipinski definition) is 5. The van der Waals surface area contributed by atoms with Crippen LogP contribution in [0.25, 0.3) is 0 Å². The lowest BCUT2D eigenvalue weighted by Crippen LogP contribution is -2.23. The van der Waals surface area contributed by atoms with E-state index in [-0.39, 0.29) is 9.80 Å². The summed E-state index contributed by atoms with van der Waals surface area (Å²) in [5, 5.41) is 12.6. The van der Waals surface area contributed by atoms with Gasteiger partial charge in [0.05, 0.1) is 4.90 Å². The van der Waals surface area contributed by atoms with E-state index in [1.54, 1.807) is 12.1 Å². The quantitative estimate of drug-likeness (QED) is 0.870. The number of aryl methyl sites for hydroxylation is 1. The van der Waals surface area contributed by atoms with Gasteiger partial charge in [-0.25, -0.2) is 8.42 Å². The third-order valence-electron chi connectivity index (χ3n) is 3.88. The van der Waals surface area contributed by atoms with Crippen molar-refractivity contribution < 1.29 is 8.42 Å². The van der Waals surface area contributed by atoms with Gasteiger partial charge in [-0.3, -0.25) is 0 Å². The second kappa shape index (κ2) is 6.38. The van der Waals surface area contributed by atoms with Crippen molar-refractivity contribution >= 4 is 15.5 Å². The molecule has 1 fully saturated rings. The Labute approximate surface area is 141 Å². The second-order valence-corrected chi connectivity index (χ2v) is 7.41. The van der Waals surface area contributed by atoms with E-state index in [1.807, 2.05) is 48.2 Å². The van der Waals surface area contributed by atoms with Gasteiger partial charge in [0.15, 0.2) is 4.91 Å². The van der Waals surface area contributed by atoms with Crippen molar-refractivity contribution in [1.29, 1.82) is 5.26 Å². The first-order chi connectivity index (χ1) is 11.5. The highest BCUT2D eigenvalue weighted by Gasteiger charge is 2.30. The number of nitriles is 1. The number of hydrogen-bond donors (Lipinski definition) is 1. The summed E-state index contributed by atoms with van der Waals surface area (Å²) in [4.78, 5) is 1.69. The largest absolute Gasteiger partial charge is 0.368 e. The Balaban J connectivity index is 2.11. The van der Waals surface area contributed by atoms with E-state index in [4.69, 9.17) is 0 Å². The number of sulfone groups is 1. The lowest BCUT2D eigenvalue weighted by molar-refractivity contribution is 0.602. The average molecular weight is 339 g/mol. The second-order valence-electron chi connectivity index (χ2n) is 5.52. The maximum Gasteiger partial charge on any atom is 0.220 e. The summed E-state index contributed by atoms with van der Waals surface area (Å²) in [6, 6.07) is 17.8. The first kappa shape index (κ1) is 16.1. The zero-order valence-corrected chi connectivity index (χ0v) is 14.0. The van der Waals surface area contributed by atoms with Gasteiger partial charge in [0.25, 0.3) is 0 Å². The van der Waals surface area contributed by atoms with Crippen molar-refractivity contribution in [2.24, 2.45) is 0 Å². The Hall–Kier alpha value is -2.78. The molecule has 1 heterocycles. The van der Waals surface area contributed by atoms with Gasteiger partial charge in [-0.1, -0.05) is 35.9 Å². The summed E-state index contributed by atoms with van der Waals surface area (Å²) >= 11 is 0. The van der Waals surface area contributed by atoms with E-state index in [9.17, 15) is 13.7 Å². The van der Waals surface area contributed by atoms with Crippen LogP contribution in [0.5, 0.6) is 0 Å². The van der Waals surface area contributed by atoms with Gasteiger partial charge >= 0.3 is 0 Å². The summed E-state index contributed by atoms with van der Waals surface area (Å²) in [6.07, 6.45) is 0. The molecule has 0 aromatic heterocycles. The number of benzene rings is 2. The zero-order valence-electron chi connectivity index (χ0n) is 13.2. The molecule has 1 saturated heterocycles. The molecule has 0 amide bonds. The van der Waals surface area contributed by atoms with Crippen LogP contribution in [-0.4, -0.2) is 21.5 Å². The zero-order chi connectivity index (χ0) is 17.2. The van der Waals surface area contributed by atoms with Crippen molar-refractivity contribution in [3.63, 3.8) is 0 Å². The van der Waals surface area contributed by atoms with Gasteiger partial charge in [-0.2, -0.15) is 5.26 Å². The maximum absolute atomic E-state index is 12.9. The number of allylic oxidation sites excluding steroid dienone is 1. The molecule has 3 rings (SSSR count). The molecule has 0 bridgehead atoms. The Bertz CT molecular complexity index is 911. The molecule has 0 unspecified atom stereocenters. The van der Waals surface area contributed by atoms with Crippen molar-refractivity contribution in [3.8, 4) is 6.07 Å². The third-order valence-corrected chi connectivity index (χ3v) is 5.60. The third kappa shape index (κ3) is 2.86. The van der Waals surface area contributed by atoms with Gasteiger partial charge in [0, 0.05) is 18.8 Å². The topological polar surface area (TPSA) is 73.2 Å². The molecule has 1 aliphatic rings. The smallest absolute Gasteiger partial charge is 0.220 e. The molecule has 6 heteroatoms. The predicted octanol–water partition coefficient (Wildman–Crippen LogP) is 2.57. The van der Waals surface area contributed by atoms with Crippen molar-refractivity contribution in [3.05, 3.63) is 70.9 Å². The molecule has 0 saturated carbocycles. The van der Waals surface area contributed by atoms with E-state index in [1.165, 1.54) is 12.1 Å². The van der Waals surface area contributed by atoms with Crippen LogP contribution in [0, 0.1) is 18.3 Å². The maximum atomic E-state index is 12.9. The molecule has 122 valence electrons. The molecule has 2 aromatic rings. The molecule has 5 nitrogen and oxygen atoms in total. The minimum absolute atomic E-state index is 0.124. The van der Waals surface area contributed by atoms with Crippen molar-refractivity contribution in [2.75, 3.05) is 18.0 Å². The Morgan fingerprint density at radius 2 is 1.79 bits per heavy atom. The number of nitrogens with zero attached hydrogens (tertiary/aromatic N) is 2. The van der Waals surface area contributed by atoms with Crippen molar-refractivity contribution in [2.45, 2.75) is 11.8 Å². The number of rotatable bonds is 3. The molecule has 2 aromatic carbocycles. The van der Waals surface area contributed by atoms with E-state index in [0.29, 0.717) is 18.9 Å². The fourth-order valence-electron chi connectivity index (χ4n) is 2.64. The number of nitrogens with one attached hydrogen (secondary N) is 1. The minimum Gasteiger partial charge on any atom is -0.368 e. The van der Waals surface area contributed by atoms with Gasteiger partial charge in [0.2, 0.25) is 9.84 Å². The Morgan fingerprint density at radius 1 is 1.12 bits per heavy atom. The molecule has 0 aliphatic carbocycles. The fraction of sp³-hybridized carbons (Fsp3) is 0.167. The molecule has 1 aliphatic heterocycles. The molecular formula is C18H17N3O2S. The molecule has 0 atom stereocenters. The van der Waals surface area contributed by atoms with Crippen LogP contribution >= 0.6 is 0 Å². The SMILES string of the molecule is Cc1ccc(S(=O)(=O)/C(C#N)=C2/NCCN2c2ccccc2)cc1. The van der Waals surface area contributed by atoms with E-state index >= 15 is 0 Å². The molecule has 0 spiro atoms. The first-order valence-electron chi connectivity index (χ1n) is 7.56. The summed E-state index contributed by atoms with van der Waals surface area (Å²) in [5.74, 6) is 0.337. The first-order valence-corrected chi connectivity index (χ1v) is 9.05. The fourth-order valence-corrected chi connectivity index (χ4v) is 3.93. The Kier molecular flexibility index (Phi) is 4.28. The Morgan fingerprint density at radius 3 is 2.42 bits per heavy atom. The number of para-hydroxylation sites is 1. The van der Waals surface area contributed by atoms with Gasteiger partial charge in [0.1, 0.15) is 11.9 Å². The minimum atomic E-state index is -3.88. The highest BCUT2D eigenvalue weighted by atomic mass is 32.2.